The smallest absolute Gasteiger partial charge is 0.119 e. The number of hydrogen-bond donors (Lipinski definition) is 0. The van der Waals surface area contributed by atoms with Crippen molar-refractivity contribution in [2.75, 3.05) is 0 Å². The lowest BCUT2D eigenvalue weighted by Crippen LogP contribution is -1.92. The Balaban J connectivity index is 1.70. The summed E-state index contributed by atoms with van der Waals surface area (Å²) in [5.74, 6) is 0.908. The average Bonchev–Trinajstić information content (AvgIpc) is 2.57. The van der Waals surface area contributed by atoms with Crippen molar-refractivity contribution >= 4 is 11.8 Å². The zero-order valence-electron chi connectivity index (χ0n) is 12.7. The predicted molar refractivity (Wildman–Crippen MR) is 90.7 cm³/mol. The molecular formula is C18H17N3S. The van der Waals surface area contributed by atoms with Crippen molar-refractivity contribution in [2.45, 2.75) is 24.6 Å². The van der Waals surface area contributed by atoms with Crippen LogP contribution < -0.4 is 0 Å². The van der Waals surface area contributed by atoms with Gasteiger partial charge in [0.05, 0.1) is 5.69 Å². The average molecular weight is 307 g/mol. The van der Waals surface area contributed by atoms with Gasteiger partial charge in [0.25, 0.3) is 0 Å². The van der Waals surface area contributed by atoms with E-state index in [4.69, 9.17) is 0 Å². The first kappa shape index (κ1) is 14.7. The van der Waals surface area contributed by atoms with Crippen molar-refractivity contribution in [3.05, 3.63) is 71.4 Å². The maximum atomic E-state index is 4.30. The van der Waals surface area contributed by atoms with E-state index < -0.39 is 0 Å². The lowest BCUT2D eigenvalue weighted by Gasteiger charge is -2.06. The van der Waals surface area contributed by atoms with Crippen LogP contribution in [0.5, 0.6) is 0 Å². The summed E-state index contributed by atoms with van der Waals surface area (Å²) in [6.07, 6.45) is 1.76. The van der Waals surface area contributed by atoms with E-state index in [-0.39, 0.29) is 0 Å². The molecule has 3 aromatic rings. The Bertz CT molecular complexity index is 755. The van der Waals surface area contributed by atoms with E-state index in [1.807, 2.05) is 30.3 Å². The Labute approximate surface area is 134 Å². The SMILES string of the molecule is Cc1ccc(C)c(CSc2ccc(-c3ccccn3)nn2)c1. The summed E-state index contributed by atoms with van der Waals surface area (Å²) < 4.78 is 0. The predicted octanol–water partition coefficient (Wildman–Crippen LogP) is 4.45. The van der Waals surface area contributed by atoms with E-state index in [2.05, 4.69) is 47.2 Å². The number of nitrogens with zero attached hydrogens (tertiary/aromatic N) is 3. The molecule has 0 atom stereocenters. The molecule has 0 unspecified atom stereocenters. The molecule has 0 spiro atoms. The second-order valence-electron chi connectivity index (χ2n) is 5.19. The zero-order valence-corrected chi connectivity index (χ0v) is 13.5. The van der Waals surface area contributed by atoms with Gasteiger partial charge in [0.2, 0.25) is 0 Å². The Hall–Kier alpha value is -2.20. The van der Waals surface area contributed by atoms with Crippen molar-refractivity contribution in [1.82, 2.24) is 15.2 Å². The topological polar surface area (TPSA) is 38.7 Å². The van der Waals surface area contributed by atoms with Gasteiger partial charge in [0.1, 0.15) is 10.7 Å². The highest BCUT2D eigenvalue weighted by Gasteiger charge is 2.04. The minimum absolute atomic E-state index is 0.802. The van der Waals surface area contributed by atoms with Crippen molar-refractivity contribution in [2.24, 2.45) is 0 Å². The van der Waals surface area contributed by atoms with E-state index in [1.165, 1.54) is 16.7 Å². The standard InChI is InChI=1S/C18H17N3S/c1-13-6-7-14(2)15(11-13)12-22-18-9-8-17(20-21-18)16-5-3-4-10-19-16/h3-11H,12H2,1-2H3. The minimum atomic E-state index is 0.802. The zero-order chi connectivity index (χ0) is 15.4. The number of pyridine rings is 1. The van der Waals surface area contributed by atoms with Crippen LogP contribution in [-0.4, -0.2) is 15.2 Å². The normalized spacial score (nSPS) is 10.6. The molecule has 0 saturated carbocycles. The molecule has 22 heavy (non-hydrogen) atoms. The van der Waals surface area contributed by atoms with Crippen LogP contribution in [-0.2, 0) is 5.75 Å². The Morgan fingerprint density at radius 3 is 2.55 bits per heavy atom. The quantitative estimate of drug-likeness (QED) is 0.668. The van der Waals surface area contributed by atoms with Gasteiger partial charge in [-0.2, -0.15) is 0 Å². The van der Waals surface area contributed by atoms with E-state index in [9.17, 15) is 0 Å². The number of hydrogen-bond acceptors (Lipinski definition) is 4. The number of rotatable bonds is 4. The molecule has 0 aliphatic heterocycles. The van der Waals surface area contributed by atoms with Gasteiger partial charge < -0.3 is 0 Å². The van der Waals surface area contributed by atoms with E-state index in [1.54, 1.807) is 18.0 Å². The molecule has 0 aliphatic rings. The number of aromatic nitrogens is 3. The Kier molecular flexibility index (Phi) is 4.49. The van der Waals surface area contributed by atoms with Crippen LogP contribution in [0.2, 0.25) is 0 Å². The molecule has 0 fully saturated rings. The van der Waals surface area contributed by atoms with Gasteiger partial charge in [-0.05, 0) is 49.2 Å². The molecule has 2 heterocycles. The monoisotopic (exact) mass is 307 g/mol. The summed E-state index contributed by atoms with van der Waals surface area (Å²) in [5.41, 5.74) is 5.60. The Morgan fingerprint density at radius 2 is 1.82 bits per heavy atom. The highest BCUT2D eigenvalue weighted by atomic mass is 32.2. The molecule has 3 rings (SSSR count). The molecule has 0 N–H and O–H groups in total. The summed E-state index contributed by atoms with van der Waals surface area (Å²) in [7, 11) is 0. The van der Waals surface area contributed by atoms with Crippen LogP contribution in [0.4, 0.5) is 0 Å². The third-order valence-electron chi connectivity index (χ3n) is 3.45. The summed E-state index contributed by atoms with van der Waals surface area (Å²) in [6, 6.07) is 16.3. The third kappa shape index (κ3) is 3.52. The molecule has 0 amide bonds. The minimum Gasteiger partial charge on any atom is -0.255 e. The van der Waals surface area contributed by atoms with Gasteiger partial charge in [0, 0.05) is 11.9 Å². The first-order valence-corrected chi connectivity index (χ1v) is 8.15. The number of aryl methyl sites for hydroxylation is 2. The van der Waals surface area contributed by atoms with Crippen LogP contribution in [0.3, 0.4) is 0 Å². The molecule has 0 saturated heterocycles. The van der Waals surface area contributed by atoms with Gasteiger partial charge in [-0.3, -0.25) is 4.98 Å². The summed E-state index contributed by atoms with van der Waals surface area (Å²) >= 11 is 1.71. The molecule has 1 aromatic carbocycles. The van der Waals surface area contributed by atoms with Crippen LogP contribution >= 0.6 is 11.8 Å². The van der Waals surface area contributed by atoms with Crippen molar-refractivity contribution < 1.29 is 0 Å². The van der Waals surface area contributed by atoms with Crippen molar-refractivity contribution in [3.63, 3.8) is 0 Å². The first-order chi connectivity index (χ1) is 10.7. The second-order valence-corrected chi connectivity index (χ2v) is 6.19. The lowest BCUT2D eigenvalue weighted by atomic mass is 10.1. The third-order valence-corrected chi connectivity index (χ3v) is 4.42. The second kappa shape index (κ2) is 6.71. The van der Waals surface area contributed by atoms with Gasteiger partial charge in [0.15, 0.2) is 0 Å². The number of benzene rings is 1. The fourth-order valence-corrected chi connectivity index (χ4v) is 3.03. The van der Waals surface area contributed by atoms with Gasteiger partial charge >= 0.3 is 0 Å². The van der Waals surface area contributed by atoms with Gasteiger partial charge in [-0.25, -0.2) is 0 Å². The molecular weight excluding hydrogens is 290 g/mol. The van der Waals surface area contributed by atoms with Crippen LogP contribution in [0, 0.1) is 13.8 Å². The van der Waals surface area contributed by atoms with Crippen LogP contribution in [0.15, 0.2) is 59.8 Å². The fraction of sp³-hybridized carbons (Fsp3) is 0.167. The maximum absolute atomic E-state index is 4.30. The maximum Gasteiger partial charge on any atom is 0.119 e. The fourth-order valence-electron chi connectivity index (χ4n) is 2.16. The van der Waals surface area contributed by atoms with Crippen molar-refractivity contribution in [3.8, 4) is 11.4 Å². The van der Waals surface area contributed by atoms with E-state index in [0.717, 1.165) is 22.2 Å². The van der Waals surface area contributed by atoms with Gasteiger partial charge in [-0.1, -0.05) is 41.6 Å². The van der Waals surface area contributed by atoms with E-state index >= 15 is 0 Å². The molecule has 0 aliphatic carbocycles. The first-order valence-electron chi connectivity index (χ1n) is 7.16. The molecule has 110 valence electrons. The molecule has 4 heteroatoms. The Morgan fingerprint density at radius 1 is 0.909 bits per heavy atom. The molecule has 0 radical (unpaired) electrons. The van der Waals surface area contributed by atoms with Crippen molar-refractivity contribution in [1.29, 1.82) is 0 Å². The highest BCUT2D eigenvalue weighted by Crippen LogP contribution is 2.24. The van der Waals surface area contributed by atoms with Gasteiger partial charge in [-0.15, -0.1) is 10.2 Å². The van der Waals surface area contributed by atoms with E-state index in [0.29, 0.717) is 0 Å². The molecule has 0 bridgehead atoms. The van der Waals surface area contributed by atoms with Crippen LogP contribution in [0.1, 0.15) is 16.7 Å². The lowest BCUT2D eigenvalue weighted by molar-refractivity contribution is 0.931. The summed E-state index contributed by atoms with van der Waals surface area (Å²) in [5, 5.41) is 9.49. The molecule has 3 nitrogen and oxygen atoms in total. The van der Waals surface area contributed by atoms with Crippen LogP contribution in [0.25, 0.3) is 11.4 Å². The molecule has 2 aromatic heterocycles. The highest BCUT2D eigenvalue weighted by molar-refractivity contribution is 7.98. The number of thioether (sulfide) groups is 1. The summed E-state index contributed by atoms with van der Waals surface area (Å²) in [4.78, 5) is 4.28. The summed E-state index contributed by atoms with van der Waals surface area (Å²) in [6.45, 7) is 4.26. The largest absolute Gasteiger partial charge is 0.255 e.